The van der Waals surface area contributed by atoms with E-state index in [4.69, 9.17) is 9.47 Å². The molecule has 2 aliphatic heterocycles. The van der Waals surface area contributed by atoms with E-state index in [9.17, 15) is 18.0 Å². The summed E-state index contributed by atoms with van der Waals surface area (Å²) in [5.74, 6) is -0.243. The van der Waals surface area contributed by atoms with Gasteiger partial charge in [-0.3, -0.25) is 0 Å². The van der Waals surface area contributed by atoms with E-state index < -0.39 is 23.8 Å². The molecule has 1 aromatic carbocycles. The Morgan fingerprint density at radius 1 is 1.40 bits per heavy atom. The van der Waals surface area contributed by atoms with Crippen molar-refractivity contribution in [3.63, 3.8) is 0 Å². The van der Waals surface area contributed by atoms with E-state index in [1.165, 1.54) is 12.1 Å². The third-order valence-corrected chi connectivity index (χ3v) is 4.07. The number of carbonyl (C=O) groups excluding carboxylic acids is 1. The van der Waals surface area contributed by atoms with Gasteiger partial charge in [-0.05, 0) is 38.0 Å². The first-order chi connectivity index (χ1) is 11.8. The highest BCUT2D eigenvalue weighted by Crippen LogP contribution is 2.37. The molecule has 1 fully saturated rings. The second-order valence-electron chi connectivity index (χ2n) is 5.96. The minimum Gasteiger partial charge on any atom is -0.490 e. The van der Waals surface area contributed by atoms with Gasteiger partial charge in [0.1, 0.15) is 12.4 Å². The normalized spacial score (nSPS) is 23.7. The molecule has 0 bridgehead atoms. The molecule has 2 heterocycles. The van der Waals surface area contributed by atoms with Crippen LogP contribution < -0.4 is 15.5 Å². The predicted molar refractivity (Wildman–Crippen MR) is 83.6 cm³/mol. The minimum absolute atomic E-state index is 0.0807. The smallest absolute Gasteiger partial charge is 0.419 e. The van der Waals surface area contributed by atoms with Crippen LogP contribution in [0.4, 0.5) is 18.0 Å². The average molecular weight is 357 g/mol. The first kappa shape index (κ1) is 17.5. The number of nitrogens with zero attached hydrogens (tertiary/aromatic N) is 1. The number of halogens is 3. The van der Waals surface area contributed by atoms with Gasteiger partial charge >= 0.3 is 12.2 Å². The van der Waals surface area contributed by atoms with Crippen LogP contribution in [-0.4, -0.2) is 37.1 Å². The monoisotopic (exact) mass is 357 g/mol. The molecule has 2 amide bonds. The number of amides is 2. The maximum absolute atomic E-state index is 13.4. The number of carbonyl (C=O) groups is 1. The van der Waals surface area contributed by atoms with Crippen molar-refractivity contribution in [2.75, 3.05) is 13.2 Å². The lowest BCUT2D eigenvalue weighted by atomic mass is 10.0. The van der Waals surface area contributed by atoms with E-state index in [1.54, 1.807) is 6.92 Å². The Morgan fingerprint density at radius 3 is 2.84 bits per heavy atom. The Bertz CT molecular complexity index is 685. The van der Waals surface area contributed by atoms with Crippen LogP contribution in [0.3, 0.4) is 0 Å². The van der Waals surface area contributed by atoms with E-state index >= 15 is 0 Å². The lowest BCUT2D eigenvalue weighted by molar-refractivity contribution is -0.139. The maximum Gasteiger partial charge on any atom is 0.419 e. The van der Waals surface area contributed by atoms with Gasteiger partial charge in [-0.1, -0.05) is 0 Å². The number of alkyl halides is 3. The summed E-state index contributed by atoms with van der Waals surface area (Å²) in [4.78, 5) is 11.2. The van der Waals surface area contributed by atoms with Gasteiger partial charge in [-0.15, -0.1) is 0 Å². The van der Waals surface area contributed by atoms with Crippen molar-refractivity contribution in [3.8, 4) is 5.75 Å². The molecule has 0 unspecified atom stereocenters. The molecule has 0 aliphatic carbocycles. The number of hydrazone groups is 1. The summed E-state index contributed by atoms with van der Waals surface area (Å²) in [5, 5.41) is 6.40. The Balaban J connectivity index is 1.86. The molecule has 1 aromatic rings. The maximum atomic E-state index is 13.4. The molecule has 2 atom stereocenters. The zero-order valence-corrected chi connectivity index (χ0v) is 13.5. The quantitative estimate of drug-likeness (QED) is 0.870. The molecule has 25 heavy (non-hydrogen) atoms. The van der Waals surface area contributed by atoms with Crippen LogP contribution >= 0.6 is 0 Å². The van der Waals surface area contributed by atoms with Gasteiger partial charge in [0, 0.05) is 12.2 Å². The molecule has 0 spiro atoms. The molecule has 0 radical (unpaired) electrons. The van der Waals surface area contributed by atoms with E-state index in [1.807, 2.05) is 0 Å². The van der Waals surface area contributed by atoms with Gasteiger partial charge in [0.05, 0.1) is 23.4 Å². The molecule has 9 heteroatoms. The van der Waals surface area contributed by atoms with E-state index in [-0.39, 0.29) is 24.0 Å². The number of hydrogen-bond donors (Lipinski definition) is 2. The molecular formula is C16H18F3N3O3. The van der Waals surface area contributed by atoms with Crippen molar-refractivity contribution in [2.45, 2.75) is 38.1 Å². The average Bonchev–Trinajstić information content (AvgIpc) is 3.05. The highest BCUT2D eigenvalue weighted by atomic mass is 19.4. The van der Waals surface area contributed by atoms with Crippen molar-refractivity contribution in [2.24, 2.45) is 5.10 Å². The van der Waals surface area contributed by atoms with Crippen molar-refractivity contribution >= 4 is 11.7 Å². The number of benzene rings is 1. The third-order valence-electron chi connectivity index (χ3n) is 4.07. The van der Waals surface area contributed by atoms with Gasteiger partial charge in [0.25, 0.3) is 0 Å². The summed E-state index contributed by atoms with van der Waals surface area (Å²) in [7, 11) is 0. The van der Waals surface area contributed by atoms with Crippen molar-refractivity contribution in [3.05, 3.63) is 29.3 Å². The summed E-state index contributed by atoms with van der Waals surface area (Å²) in [5.41, 5.74) is 1.90. The van der Waals surface area contributed by atoms with Crippen LogP contribution in [0, 0.1) is 0 Å². The summed E-state index contributed by atoms with van der Waals surface area (Å²) >= 11 is 0. The summed E-state index contributed by atoms with van der Waals surface area (Å²) in [6.45, 7) is 2.33. The van der Waals surface area contributed by atoms with Gasteiger partial charge < -0.3 is 14.8 Å². The Kier molecular flexibility index (Phi) is 4.85. The zero-order valence-electron chi connectivity index (χ0n) is 13.5. The second-order valence-corrected chi connectivity index (χ2v) is 5.96. The van der Waals surface area contributed by atoms with Crippen molar-refractivity contribution in [1.29, 1.82) is 0 Å². The molecule has 0 saturated carbocycles. The third kappa shape index (κ3) is 4.04. The Morgan fingerprint density at radius 2 is 2.20 bits per heavy atom. The second kappa shape index (κ2) is 6.91. The molecule has 2 aliphatic rings. The largest absolute Gasteiger partial charge is 0.490 e. The minimum atomic E-state index is -4.57. The first-order valence-electron chi connectivity index (χ1n) is 7.94. The first-order valence-corrected chi connectivity index (χ1v) is 7.94. The number of ether oxygens (including phenoxy) is 2. The van der Waals surface area contributed by atoms with Crippen molar-refractivity contribution < 1.29 is 27.4 Å². The van der Waals surface area contributed by atoms with Gasteiger partial charge in [-0.2, -0.15) is 18.3 Å². The van der Waals surface area contributed by atoms with Crippen LogP contribution in [-0.2, 0) is 10.9 Å². The number of nitrogens with one attached hydrogen (secondary N) is 2. The fourth-order valence-corrected chi connectivity index (χ4v) is 2.81. The van der Waals surface area contributed by atoms with E-state index in [0.717, 1.165) is 18.9 Å². The lowest BCUT2D eigenvalue weighted by Crippen LogP contribution is -2.48. The van der Waals surface area contributed by atoms with Crippen LogP contribution in [0.25, 0.3) is 0 Å². The molecule has 2 N–H and O–H groups in total. The Labute approximate surface area is 142 Å². The number of rotatable bonds is 4. The standard InChI is InChI=1S/C16H18F3N3O3/c1-9-14(21-22-15(23)20-9)10-4-5-13(12(7-10)16(17,18)19)25-8-11-3-2-6-24-11/h4-5,7,9,11H,2-3,6,8H2,1H3,(H2,20,22,23)/t9-,11+/m0/s1. The van der Waals surface area contributed by atoms with Crippen LogP contribution in [0.15, 0.2) is 23.3 Å². The molecule has 1 saturated heterocycles. The fraction of sp³-hybridized carbons (Fsp3) is 0.500. The number of hydrogen-bond acceptors (Lipinski definition) is 4. The number of urea groups is 1. The fourth-order valence-electron chi connectivity index (χ4n) is 2.81. The topological polar surface area (TPSA) is 72.0 Å². The molecular weight excluding hydrogens is 339 g/mol. The van der Waals surface area contributed by atoms with Gasteiger partial charge in [0.15, 0.2) is 0 Å². The van der Waals surface area contributed by atoms with E-state index in [0.29, 0.717) is 12.3 Å². The molecule has 136 valence electrons. The lowest BCUT2D eigenvalue weighted by Gasteiger charge is -2.23. The summed E-state index contributed by atoms with van der Waals surface area (Å²) in [6, 6.07) is 2.75. The molecule has 6 nitrogen and oxygen atoms in total. The Hall–Kier alpha value is -2.29. The SMILES string of the molecule is C[C@@H]1NC(=O)NN=C1c1ccc(OC[C@H]2CCCO2)c(C(F)(F)F)c1. The predicted octanol–water partition coefficient (Wildman–Crippen LogP) is 2.67. The molecule has 0 aromatic heterocycles. The van der Waals surface area contributed by atoms with Gasteiger partial charge in [0.2, 0.25) is 0 Å². The molecule has 3 rings (SSSR count). The van der Waals surface area contributed by atoms with Crippen molar-refractivity contribution in [1.82, 2.24) is 10.7 Å². The van der Waals surface area contributed by atoms with E-state index in [2.05, 4.69) is 15.8 Å². The van der Waals surface area contributed by atoms with Crippen LogP contribution in [0.2, 0.25) is 0 Å². The highest BCUT2D eigenvalue weighted by Gasteiger charge is 2.36. The van der Waals surface area contributed by atoms with Gasteiger partial charge in [-0.25, -0.2) is 10.2 Å². The van der Waals surface area contributed by atoms with Crippen LogP contribution in [0.1, 0.15) is 30.9 Å². The summed E-state index contributed by atoms with van der Waals surface area (Å²) < 4.78 is 51.0. The summed E-state index contributed by atoms with van der Waals surface area (Å²) in [6.07, 6.45) is -3.09. The zero-order chi connectivity index (χ0) is 18.0. The highest BCUT2D eigenvalue weighted by molar-refractivity contribution is 6.07. The van der Waals surface area contributed by atoms with Crippen LogP contribution in [0.5, 0.6) is 5.75 Å².